The summed E-state index contributed by atoms with van der Waals surface area (Å²) in [4.78, 5) is 23.0. The second-order valence-corrected chi connectivity index (χ2v) is 14.0. The fourth-order valence-corrected chi connectivity index (χ4v) is 3.96. The average molecular weight is 717 g/mol. The van der Waals surface area contributed by atoms with E-state index in [9.17, 15) is 9.59 Å². The van der Waals surface area contributed by atoms with Gasteiger partial charge in [0.1, 0.15) is 34.5 Å². The first-order valence-electron chi connectivity index (χ1n) is 18.0. The number of ether oxygens (including phenoxy) is 2. The molecule has 2 atom stereocenters. The number of hydrogen-bond acceptors (Lipinski definition) is 8. The molecule has 284 valence electrons. The van der Waals surface area contributed by atoms with Gasteiger partial charge in [0.25, 0.3) is 0 Å². The monoisotopic (exact) mass is 716 g/mol. The Bertz CT molecular complexity index is 1590. The zero-order valence-corrected chi connectivity index (χ0v) is 32.6. The van der Waals surface area contributed by atoms with E-state index in [2.05, 4.69) is 34.6 Å². The molecule has 0 aliphatic heterocycles. The largest absolute Gasteiger partial charge is 0.508 e. The predicted molar refractivity (Wildman–Crippen MR) is 209 cm³/mol. The second-order valence-electron chi connectivity index (χ2n) is 14.0. The predicted octanol–water partition coefficient (Wildman–Crippen LogP) is 11.1. The van der Waals surface area contributed by atoms with Crippen LogP contribution in [0.3, 0.4) is 0 Å². The zero-order chi connectivity index (χ0) is 39.5. The molecule has 4 aromatic carbocycles. The van der Waals surface area contributed by atoms with Crippen LogP contribution in [0.4, 0.5) is 0 Å². The van der Waals surface area contributed by atoms with E-state index in [1.54, 1.807) is 48.5 Å². The summed E-state index contributed by atoms with van der Waals surface area (Å²) in [5, 5.41) is 36.2. The third-order valence-corrected chi connectivity index (χ3v) is 9.16. The van der Waals surface area contributed by atoms with Crippen molar-refractivity contribution in [3.05, 3.63) is 108 Å². The Morgan fingerprint density at radius 3 is 1.31 bits per heavy atom. The van der Waals surface area contributed by atoms with Crippen molar-refractivity contribution in [1.29, 1.82) is 0 Å². The van der Waals surface area contributed by atoms with Gasteiger partial charge in [-0.05, 0) is 135 Å². The summed E-state index contributed by atoms with van der Waals surface area (Å²) in [5.74, 6) is 1.93. The lowest BCUT2D eigenvalue weighted by molar-refractivity contribution is -0.144. The molecule has 0 heterocycles. The summed E-state index contributed by atoms with van der Waals surface area (Å²) in [6.45, 7) is 20.3. The summed E-state index contributed by atoms with van der Waals surface area (Å²) in [6, 6.07) is 27.1. The Morgan fingerprint density at radius 2 is 0.942 bits per heavy atom. The van der Waals surface area contributed by atoms with Crippen molar-refractivity contribution in [3.63, 3.8) is 0 Å². The Morgan fingerprint density at radius 1 is 0.558 bits per heavy atom. The molecule has 0 amide bonds. The third kappa shape index (κ3) is 16.4. The van der Waals surface area contributed by atoms with Crippen LogP contribution in [0.5, 0.6) is 34.5 Å². The number of phenols is 4. The fourth-order valence-electron chi connectivity index (χ4n) is 3.96. The van der Waals surface area contributed by atoms with E-state index in [1.807, 2.05) is 58.9 Å². The minimum absolute atomic E-state index is 0.0937. The Kier molecular flexibility index (Phi) is 19.1. The highest BCUT2D eigenvalue weighted by Crippen LogP contribution is 2.28. The molecule has 0 saturated carbocycles. The number of benzene rings is 4. The van der Waals surface area contributed by atoms with Crippen LogP contribution in [0, 0.1) is 11.3 Å². The lowest BCUT2D eigenvalue weighted by atomic mass is 9.82. The van der Waals surface area contributed by atoms with Crippen molar-refractivity contribution >= 4 is 11.9 Å². The number of rotatable bonds is 10. The maximum atomic E-state index is 11.7. The Balaban J connectivity index is 0.000000349. The van der Waals surface area contributed by atoms with E-state index >= 15 is 0 Å². The summed E-state index contributed by atoms with van der Waals surface area (Å²) >= 11 is 0. The van der Waals surface area contributed by atoms with Crippen LogP contribution in [-0.2, 0) is 15.0 Å². The van der Waals surface area contributed by atoms with Crippen molar-refractivity contribution in [2.75, 3.05) is 0 Å². The zero-order valence-electron chi connectivity index (χ0n) is 32.6. The molecule has 8 heteroatoms. The van der Waals surface area contributed by atoms with Gasteiger partial charge in [-0.2, -0.15) is 0 Å². The third-order valence-electron chi connectivity index (χ3n) is 9.16. The van der Waals surface area contributed by atoms with Crippen LogP contribution < -0.4 is 9.47 Å². The highest BCUT2D eigenvalue weighted by Gasteiger charge is 2.27. The van der Waals surface area contributed by atoms with Crippen molar-refractivity contribution in [3.8, 4) is 34.5 Å². The van der Waals surface area contributed by atoms with E-state index in [4.69, 9.17) is 29.9 Å². The van der Waals surface area contributed by atoms with Crippen molar-refractivity contribution in [1.82, 2.24) is 0 Å². The van der Waals surface area contributed by atoms with Gasteiger partial charge in [0, 0.05) is 0 Å². The molecule has 0 bridgehead atoms. The molecule has 0 fully saturated rings. The summed E-state index contributed by atoms with van der Waals surface area (Å²) in [6.07, 6.45) is 3.74. The minimum Gasteiger partial charge on any atom is -0.508 e. The molecule has 4 rings (SSSR count). The maximum absolute atomic E-state index is 11.7. The summed E-state index contributed by atoms with van der Waals surface area (Å²) in [7, 11) is 0. The van der Waals surface area contributed by atoms with Gasteiger partial charge in [-0.15, -0.1) is 0 Å². The Hall–Kier alpha value is -4.98. The number of hydrogen-bond donors (Lipinski definition) is 4. The number of carbonyl (C=O) groups excluding carboxylic acids is 2. The van der Waals surface area contributed by atoms with Crippen LogP contribution in [0.15, 0.2) is 97.1 Å². The molecule has 0 aromatic heterocycles. The maximum Gasteiger partial charge on any atom is 0.316 e. The number of phenolic OH excluding ortho intramolecular Hbond substituents is 4. The van der Waals surface area contributed by atoms with E-state index in [0.29, 0.717) is 28.9 Å². The molecule has 8 nitrogen and oxygen atoms in total. The molecule has 2 unspecified atom stereocenters. The first kappa shape index (κ1) is 45.0. The van der Waals surface area contributed by atoms with E-state index < -0.39 is 5.41 Å². The molecular formula is C44H60O8. The SMILES string of the molecule is CCC(C)(C)C(=O)Oc1ccc(O)cc1.CCC(C)(C)c1ccc(O)cc1.CCC(C)C(=O)Oc1ccc(O)cc1.CCC(C)c1ccc(O)cc1. The molecule has 0 aliphatic rings. The van der Waals surface area contributed by atoms with Crippen LogP contribution in [0.1, 0.15) is 112 Å². The van der Waals surface area contributed by atoms with Gasteiger partial charge in [-0.1, -0.05) is 79.7 Å². The van der Waals surface area contributed by atoms with E-state index in [0.717, 1.165) is 25.7 Å². The van der Waals surface area contributed by atoms with Crippen LogP contribution in [-0.4, -0.2) is 32.4 Å². The first-order valence-corrected chi connectivity index (χ1v) is 18.0. The number of esters is 2. The highest BCUT2D eigenvalue weighted by atomic mass is 16.5. The van der Waals surface area contributed by atoms with E-state index in [1.165, 1.54) is 35.4 Å². The Labute approximate surface area is 311 Å². The van der Waals surface area contributed by atoms with Crippen molar-refractivity contribution in [2.45, 2.75) is 106 Å². The normalized spacial score (nSPS) is 11.9. The number of carbonyl (C=O) groups is 2. The van der Waals surface area contributed by atoms with Gasteiger partial charge >= 0.3 is 11.9 Å². The van der Waals surface area contributed by atoms with Crippen LogP contribution >= 0.6 is 0 Å². The van der Waals surface area contributed by atoms with Crippen molar-refractivity contribution < 1.29 is 39.5 Å². The average Bonchev–Trinajstić information content (AvgIpc) is 3.14. The van der Waals surface area contributed by atoms with Gasteiger partial charge in [0.2, 0.25) is 0 Å². The molecule has 4 aromatic rings. The lowest BCUT2D eigenvalue weighted by Gasteiger charge is -2.22. The van der Waals surface area contributed by atoms with E-state index in [-0.39, 0.29) is 34.8 Å². The van der Waals surface area contributed by atoms with Gasteiger partial charge in [0.05, 0.1) is 11.3 Å². The van der Waals surface area contributed by atoms with Gasteiger partial charge in [-0.25, -0.2) is 0 Å². The molecule has 4 N–H and O–H groups in total. The lowest BCUT2D eigenvalue weighted by Crippen LogP contribution is -2.28. The highest BCUT2D eigenvalue weighted by molar-refractivity contribution is 5.78. The summed E-state index contributed by atoms with van der Waals surface area (Å²) in [5.41, 5.74) is 2.32. The molecule has 0 aliphatic carbocycles. The van der Waals surface area contributed by atoms with Crippen molar-refractivity contribution in [2.24, 2.45) is 11.3 Å². The molecule has 0 radical (unpaired) electrons. The first-order chi connectivity index (χ1) is 24.4. The standard InChI is InChI=1S/C12H16O3.C11H14O3.C11H16O.C10H14O/c1-4-12(2,3)11(14)15-10-7-5-9(13)6-8-10;1-3-8(2)11(13)14-10-6-4-9(12)5-7-10;1-4-11(2,3)9-5-7-10(12)8-6-9;1-3-8(2)9-4-6-10(11)7-5-9/h5-8,13H,4H2,1-3H3;4-8,12H,3H2,1-2H3;5-8,12H,4H2,1-3H3;4-8,11H,3H2,1-2H3. The fraction of sp³-hybridized carbons (Fsp3) is 0.409. The van der Waals surface area contributed by atoms with Gasteiger partial charge in [0.15, 0.2) is 0 Å². The molecule has 52 heavy (non-hydrogen) atoms. The molecule has 0 saturated heterocycles. The van der Waals surface area contributed by atoms with Gasteiger partial charge in [-0.3, -0.25) is 9.59 Å². The van der Waals surface area contributed by atoms with Gasteiger partial charge < -0.3 is 29.9 Å². The second kappa shape index (κ2) is 22.1. The number of aromatic hydroxyl groups is 4. The molecular weight excluding hydrogens is 656 g/mol. The van der Waals surface area contributed by atoms with Crippen LogP contribution in [0.2, 0.25) is 0 Å². The topological polar surface area (TPSA) is 134 Å². The molecule has 0 spiro atoms. The van der Waals surface area contributed by atoms with Crippen LogP contribution in [0.25, 0.3) is 0 Å². The smallest absolute Gasteiger partial charge is 0.316 e. The quantitative estimate of drug-likeness (QED) is 0.0941. The minimum atomic E-state index is -0.474. The summed E-state index contributed by atoms with van der Waals surface area (Å²) < 4.78 is 10.2.